The van der Waals surface area contributed by atoms with Gasteiger partial charge in [0.05, 0.1) is 12.2 Å². The lowest BCUT2D eigenvalue weighted by Gasteiger charge is -2.33. The van der Waals surface area contributed by atoms with Crippen LogP contribution in [0.2, 0.25) is 0 Å². The zero-order valence-electron chi connectivity index (χ0n) is 18.5. The number of thiophene rings is 1. The molecular formula is C24H29N3O2S2. The van der Waals surface area contributed by atoms with Crippen molar-refractivity contribution in [1.82, 2.24) is 5.32 Å². The van der Waals surface area contributed by atoms with E-state index in [1.807, 2.05) is 13.0 Å². The lowest BCUT2D eigenvalue weighted by Crippen LogP contribution is -2.34. The van der Waals surface area contributed by atoms with Gasteiger partial charge in [-0.25, -0.2) is 0 Å². The summed E-state index contributed by atoms with van der Waals surface area (Å²) >= 11 is 6.95. The summed E-state index contributed by atoms with van der Waals surface area (Å²) in [4.78, 5) is 13.9. The van der Waals surface area contributed by atoms with Crippen LogP contribution in [0.25, 0.3) is 0 Å². The Morgan fingerprint density at radius 3 is 2.84 bits per heavy atom. The Hall–Kier alpha value is -2.43. The largest absolute Gasteiger partial charge is 0.494 e. The maximum Gasteiger partial charge on any atom is 0.257 e. The summed E-state index contributed by atoms with van der Waals surface area (Å²) in [6.07, 6.45) is 3.86. The van der Waals surface area contributed by atoms with Gasteiger partial charge in [-0.2, -0.15) is 5.26 Å². The molecule has 2 N–H and O–H groups in total. The highest BCUT2D eigenvalue weighted by Gasteiger charge is 2.32. The quantitative estimate of drug-likeness (QED) is 0.567. The van der Waals surface area contributed by atoms with Gasteiger partial charge in [-0.05, 0) is 73.0 Å². The van der Waals surface area contributed by atoms with Gasteiger partial charge in [-0.3, -0.25) is 10.1 Å². The van der Waals surface area contributed by atoms with E-state index in [1.54, 1.807) is 29.5 Å². The zero-order chi connectivity index (χ0) is 22.6. The second-order valence-corrected chi connectivity index (χ2v) is 10.4. The van der Waals surface area contributed by atoms with E-state index in [1.165, 1.54) is 4.88 Å². The first-order chi connectivity index (χ1) is 14.7. The summed E-state index contributed by atoms with van der Waals surface area (Å²) in [5.74, 6) is 0.929. The molecule has 0 spiro atoms. The van der Waals surface area contributed by atoms with Gasteiger partial charge in [-0.1, -0.05) is 33.8 Å². The number of rotatable bonds is 5. The van der Waals surface area contributed by atoms with Crippen LogP contribution in [0.3, 0.4) is 0 Å². The van der Waals surface area contributed by atoms with Crippen LogP contribution in [-0.4, -0.2) is 17.6 Å². The lowest BCUT2D eigenvalue weighted by molar-refractivity contribution is 0.0977. The number of hydrogen-bond acceptors (Lipinski definition) is 5. The molecule has 1 aromatic carbocycles. The predicted molar refractivity (Wildman–Crippen MR) is 130 cm³/mol. The van der Waals surface area contributed by atoms with Gasteiger partial charge in [0, 0.05) is 10.4 Å². The van der Waals surface area contributed by atoms with E-state index in [0.717, 1.165) is 31.2 Å². The Bertz CT molecular complexity index is 1010. The van der Waals surface area contributed by atoms with Gasteiger partial charge < -0.3 is 10.1 Å². The number of benzene rings is 1. The Balaban J connectivity index is 1.69. The average molecular weight is 456 g/mol. The summed E-state index contributed by atoms with van der Waals surface area (Å²) in [7, 11) is 0. The number of fused-ring (bicyclic) bond motifs is 1. The third-order valence-corrected chi connectivity index (χ3v) is 7.00. The summed E-state index contributed by atoms with van der Waals surface area (Å²) in [6.45, 7) is 9.44. The second-order valence-electron chi connectivity index (χ2n) is 8.91. The number of amides is 1. The fourth-order valence-electron chi connectivity index (χ4n) is 3.79. The molecule has 1 heterocycles. The van der Waals surface area contributed by atoms with Crippen LogP contribution in [0.15, 0.2) is 24.3 Å². The molecule has 164 valence electrons. The van der Waals surface area contributed by atoms with Crippen LogP contribution >= 0.6 is 23.6 Å². The molecule has 1 aliphatic rings. The second kappa shape index (κ2) is 9.80. The van der Waals surface area contributed by atoms with E-state index in [9.17, 15) is 10.1 Å². The molecule has 7 heteroatoms. The number of anilines is 1. The standard InChI is InChI=1S/C24H29N3O2S2/c1-5-11-29-17-8-6-7-15(12-17)21(28)26-23(30)27-22-19(14-25)18-10-9-16(24(2,3)4)13-20(18)31-22/h6-8,12,16H,5,9-11,13H2,1-4H3,(H2,26,27,28,30). The van der Waals surface area contributed by atoms with Gasteiger partial charge in [0.25, 0.3) is 5.91 Å². The molecule has 5 nitrogen and oxygen atoms in total. The van der Waals surface area contributed by atoms with Crippen molar-refractivity contribution in [3.8, 4) is 11.8 Å². The Morgan fingerprint density at radius 2 is 2.16 bits per heavy atom. The van der Waals surface area contributed by atoms with Gasteiger partial charge in [0.2, 0.25) is 0 Å². The highest BCUT2D eigenvalue weighted by Crippen LogP contribution is 2.43. The molecule has 1 amide bonds. The Kier molecular flexibility index (Phi) is 7.34. The van der Waals surface area contributed by atoms with Crippen molar-refractivity contribution in [3.63, 3.8) is 0 Å². The topological polar surface area (TPSA) is 74.2 Å². The fraction of sp³-hybridized carbons (Fsp3) is 0.458. The minimum absolute atomic E-state index is 0.187. The monoisotopic (exact) mass is 455 g/mol. The molecule has 3 rings (SSSR count). The molecule has 0 fully saturated rings. The SMILES string of the molecule is CCCOc1cccc(C(=O)NC(=S)Nc2sc3c(c2C#N)CCC(C(C)(C)C)C3)c1. The average Bonchev–Trinajstić information content (AvgIpc) is 3.07. The van der Waals surface area contributed by atoms with Crippen LogP contribution in [-0.2, 0) is 12.8 Å². The van der Waals surface area contributed by atoms with E-state index in [0.29, 0.717) is 34.4 Å². The van der Waals surface area contributed by atoms with Crippen LogP contribution in [0, 0.1) is 22.7 Å². The van der Waals surface area contributed by atoms with Gasteiger partial charge in [0.15, 0.2) is 5.11 Å². The number of nitrogens with zero attached hydrogens (tertiary/aromatic N) is 1. The predicted octanol–water partition coefficient (Wildman–Crippen LogP) is 5.69. The number of carbonyl (C=O) groups excluding carboxylic acids is 1. The van der Waals surface area contributed by atoms with Crippen LogP contribution in [0.5, 0.6) is 5.75 Å². The highest BCUT2D eigenvalue weighted by molar-refractivity contribution is 7.80. The first-order valence-corrected chi connectivity index (χ1v) is 11.8. The minimum atomic E-state index is -0.313. The maximum atomic E-state index is 12.6. The Labute approximate surface area is 193 Å². The number of hydrogen-bond donors (Lipinski definition) is 2. The number of nitriles is 1. The molecule has 0 saturated carbocycles. The van der Waals surface area contributed by atoms with Crippen molar-refractivity contribution in [3.05, 3.63) is 45.8 Å². The van der Waals surface area contributed by atoms with Gasteiger partial charge in [-0.15, -0.1) is 11.3 Å². The molecule has 2 aromatic rings. The van der Waals surface area contributed by atoms with Gasteiger partial charge in [0.1, 0.15) is 16.8 Å². The van der Waals surface area contributed by atoms with Crippen molar-refractivity contribution in [1.29, 1.82) is 5.26 Å². The summed E-state index contributed by atoms with van der Waals surface area (Å²) in [5.41, 5.74) is 2.49. The number of nitrogens with one attached hydrogen (secondary N) is 2. The van der Waals surface area contributed by atoms with Crippen molar-refractivity contribution in [2.75, 3.05) is 11.9 Å². The molecule has 1 atom stereocenters. The smallest absolute Gasteiger partial charge is 0.257 e. The normalized spacial score (nSPS) is 15.5. The summed E-state index contributed by atoms with van der Waals surface area (Å²) < 4.78 is 5.59. The molecule has 1 aromatic heterocycles. The summed E-state index contributed by atoms with van der Waals surface area (Å²) in [6, 6.07) is 9.35. The van der Waals surface area contributed by atoms with E-state index in [4.69, 9.17) is 17.0 Å². The van der Waals surface area contributed by atoms with E-state index < -0.39 is 0 Å². The van der Waals surface area contributed by atoms with Crippen molar-refractivity contribution >= 4 is 39.6 Å². The van der Waals surface area contributed by atoms with Crippen molar-refractivity contribution in [2.45, 2.75) is 53.4 Å². The van der Waals surface area contributed by atoms with E-state index >= 15 is 0 Å². The molecule has 0 radical (unpaired) electrons. The number of carbonyl (C=O) groups is 1. The van der Waals surface area contributed by atoms with E-state index in [-0.39, 0.29) is 16.4 Å². The molecule has 0 bridgehead atoms. The fourth-order valence-corrected chi connectivity index (χ4v) is 5.33. The first-order valence-electron chi connectivity index (χ1n) is 10.6. The third kappa shape index (κ3) is 5.63. The molecule has 1 unspecified atom stereocenters. The Morgan fingerprint density at radius 1 is 1.39 bits per heavy atom. The van der Waals surface area contributed by atoms with Gasteiger partial charge >= 0.3 is 0 Å². The molecule has 0 saturated heterocycles. The van der Waals surface area contributed by atoms with E-state index in [2.05, 4.69) is 37.5 Å². The zero-order valence-corrected chi connectivity index (χ0v) is 20.1. The maximum absolute atomic E-state index is 12.6. The first kappa shape index (κ1) is 23.2. The molecule has 31 heavy (non-hydrogen) atoms. The molecular weight excluding hydrogens is 426 g/mol. The van der Waals surface area contributed by atoms with Crippen LogP contribution in [0.1, 0.15) is 66.9 Å². The molecule has 0 aliphatic heterocycles. The highest BCUT2D eigenvalue weighted by atomic mass is 32.1. The molecule has 1 aliphatic carbocycles. The van der Waals surface area contributed by atoms with Crippen LogP contribution in [0.4, 0.5) is 5.00 Å². The minimum Gasteiger partial charge on any atom is -0.494 e. The van der Waals surface area contributed by atoms with Crippen molar-refractivity contribution in [2.24, 2.45) is 11.3 Å². The van der Waals surface area contributed by atoms with Crippen molar-refractivity contribution < 1.29 is 9.53 Å². The number of ether oxygens (including phenoxy) is 1. The third-order valence-electron chi connectivity index (χ3n) is 5.63. The van der Waals surface area contributed by atoms with Crippen LogP contribution < -0.4 is 15.4 Å². The lowest BCUT2D eigenvalue weighted by atomic mass is 9.72. The summed E-state index contributed by atoms with van der Waals surface area (Å²) in [5, 5.41) is 16.4. The number of thiocarbonyl (C=S) groups is 1.